The molecular weight excluding hydrogens is 410 g/mol. The molecule has 2 aromatic heterocycles. The van der Waals surface area contributed by atoms with Crippen LogP contribution in [0, 0.1) is 5.82 Å². The highest BCUT2D eigenvalue weighted by atomic mass is 35.5. The molecule has 3 rings (SSSR count). The van der Waals surface area contributed by atoms with Crippen molar-refractivity contribution < 1.29 is 18.7 Å². The van der Waals surface area contributed by atoms with Gasteiger partial charge in [-0.25, -0.2) is 19.2 Å². The summed E-state index contributed by atoms with van der Waals surface area (Å²) in [5, 5.41) is 0.138. The summed E-state index contributed by atoms with van der Waals surface area (Å²) in [7, 11) is 1.27. The zero-order chi connectivity index (χ0) is 20.4. The zero-order valence-electron chi connectivity index (χ0n) is 14.8. The van der Waals surface area contributed by atoms with Gasteiger partial charge in [-0.1, -0.05) is 23.2 Å². The molecule has 1 atom stereocenters. The van der Waals surface area contributed by atoms with Crippen molar-refractivity contribution in [3.63, 3.8) is 0 Å². The molecule has 0 saturated heterocycles. The van der Waals surface area contributed by atoms with Gasteiger partial charge in [0.2, 0.25) is 0 Å². The van der Waals surface area contributed by atoms with Crippen molar-refractivity contribution >= 4 is 35.0 Å². The average Bonchev–Trinajstić information content (AvgIpc) is 3.16. The number of nitrogens with two attached hydrogens (primary N) is 1. The maximum absolute atomic E-state index is 13.8. The summed E-state index contributed by atoms with van der Waals surface area (Å²) in [5.41, 5.74) is 6.87. The predicted octanol–water partition coefficient (Wildman–Crippen LogP) is 4.22. The first kappa shape index (κ1) is 19.9. The van der Waals surface area contributed by atoms with Gasteiger partial charge < -0.3 is 19.8 Å². The molecule has 2 heterocycles. The Labute approximate surface area is 169 Å². The number of esters is 1. The van der Waals surface area contributed by atoms with Crippen LogP contribution < -0.4 is 10.5 Å². The summed E-state index contributed by atoms with van der Waals surface area (Å²) in [4.78, 5) is 19.6. The first-order valence-electron chi connectivity index (χ1n) is 8.00. The molecule has 0 bridgehead atoms. The van der Waals surface area contributed by atoms with Gasteiger partial charge in [0.05, 0.1) is 24.0 Å². The second kappa shape index (κ2) is 8.04. The molecule has 0 radical (unpaired) electrons. The normalized spacial score (nSPS) is 11.9. The standard InChI is InChI=1S/C18H15Cl2FN4O3/c1-9(15-11(19)3-4-12(21)16(15)20)28-14-5-10(6-23-17(14)22)25-7-13(24-8-25)18(26)27-2/h3-9H,1-2H3,(H2,22,23). The number of hydrogen-bond donors (Lipinski definition) is 1. The fourth-order valence-corrected chi connectivity index (χ4v) is 3.20. The second-order valence-electron chi connectivity index (χ2n) is 5.75. The second-order valence-corrected chi connectivity index (χ2v) is 6.54. The lowest BCUT2D eigenvalue weighted by Gasteiger charge is -2.19. The number of benzene rings is 1. The number of anilines is 1. The molecule has 2 N–H and O–H groups in total. The molecule has 7 nitrogen and oxygen atoms in total. The summed E-state index contributed by atoms with van der Waals surface area (Å²) in [5.74, 6) is -0.824. The van der Waals surface area contributed by atoms with E-state index >= 15 is 0 Å². The van der Waals surface area contributed by atoms with Crippen molar-refractivity contribution in [3.8, 4) is 11.4 Å². The van der Waals surface area contributed by atoms with Gasteiger partial charge in [0, 0.05) is 22.8 Å². The van der Waals surface area contributed by atoms with E-state index in [0.717, 1.165) is 0 Å². The van der Waals surface area contributed by atoms with E-state index < -0.39 is 17.9 Å². The largest absolute Gasteiger partial charge is 0.482 e. The van der Waals surface area contributed by atoms with Crippen LogP contribution in [0.1, 0.15) is 29.1 Å². The molecule has 0 saturated carbocycles. The number of imidazole rings is 1. The summed E-state index contributed by atoms with van der Waals surface area (Å²) >= 11 is 12.2. The highest BCUT2D eigenvalue weighted by Gasteiger charge is 2.20. The SMILES string of the molecule is COC(=O)c1cn(-c2cnc(N)c(OC(C)c3c(Cl)ccc(F)c3Cl)c2)cn1. The molecule has 0 spiro atoms. The molecule has 0 amide bonds. The van der Waals surface area contributed by atoms with Gasteiger partial charge in [-0.05, 0) is 19.1 Å². The highest BCUT2D eigenvalue weighted by Crippen LogP contribution is 2.36. The number of hydrogen-bond acceptors (Lipinski definition) is 6. The zero-order valence-corrected chi connectivity index (χ0v) is 16.3. The average molecular weight is 425 g/mol. The van der Waals surface area contributed by atoms with E-state index in [1.807, 2.05) is 0 Å². The molecular formula is C18H15Cl2FN4O3. The lowest BCUT2D eigenvalue weighted by Crippen LogP contribution is -2.08. The molecule has 0 fully saturated rings. The van der Waals surface area contributed by atoms with Crippen LogP contribution in [0.3, 0.4) is 0 Å². The summed E-state index contributed by atoms with van der Waals surface area (Å²) in [6, 6.07) is 4.17. The van der Waals surface area contributed by atoms with Gasteiger partial charge in [-0.2, -0.15) is 0 Å². The van der Waals surface area contributed by atoms with Crippen LogP contribution in [-0.4, -0.2) is 27.6 Å². The smallest absolute Gasteiger partial charge is 0.358 e. The third kappa shape index (κ3) is 3.88. The number of carbonyl (C=O) groups excluding carboxylic acids is 1. The van der Waals surface area contributed by atoms with Crippen molar-refractivity contribution in [1.82, 2.24) is 14.5 Å². The minimum absolute atomic E-state index is 0.118. The first-order valence-corrected chi connectivity index (χ1v) is 8.75. The fourth-order valence-electron chi connectivity index (χ4n) is 2.52. The van der Waals surface area contributed by atoms with Gasteiger partial charge in [0.25, 0.3) is 0 Å². The number of halogens is 3. The van der Waals surface area contributed by atoms with Crippen molar-refractivity contribution in [1.29, 1.82) is 0 Å². The predicted molar refractivity (Wildman–Crippen MR) is 103 cm³/mol. The molecule has 1 unspecified atom stereocenters. The van der Waals surface area contributed by atoms with Crippen LogP contribution in [0.25, 0.3) is 5.69 Å². The molecule has 0 aliphatic rings. The van der Waals surface area contributed by atoms with E-state index in [9.17, 15) is 9.18 Å². The molecule has 10 heteroatoms. The van der Waals surface area contributed by atoms with Crippen LogP contribution >= 0.6 is 23.2 Å². The maximum atomic E-state index is 13.8. The highest BCUT2D eigenvalue weighted by molar-refractivity contribution is 6.36. The number of methoxy groups -OCH3 is 1. The van der Waals surface area contributed by atoms with E-state index in [2.05, 4.69) is 14.7 Å². The van der Waals surface area contributed by atoms with Crippen molar-refractivity contribution in [2.75, 3.05) is 12.8 Å². The van der Waals surface area contributed by atoms with E-state index in [0.29, 0.717) is 11.3 Å². The minimum Gasteiger partial charge on any atom is -0.482 e. The Hall–Kier alpha value is -2.84. The molecule has 146 valence electrons. The van der Waals surface area contributed by atoms with Crippen LogP contribution in [0.2, 0.25) is 10.0 Å². The maximum Gasteiger partial charge on any atom is 0.358 e. The number of rotatable bonds is 5. The van der Waals surface area contributed by atoms with E-state index in [1.54, 1.807) is 17.6 Å². The Morgan fingerprint density at radius 3 is 2.79 bits per heavy atom. The number of ether oxygens (including phenoxy) is 2. The van der Waals surface area contributed by atoms with Gasteiger partial charge in [-0.15, -0.1) is 0 Å². The Bertz CT molecular complexity index is 1040. The van der Waals surface area contributed by atoms with Crippen LogP contribution in [0.15, 0.2) is 36.9 Å². The Kier molecular flexibility index (Phi) is 5.71. The monoisotopic (exact) mass is 424 g/mol. The van der Waals surface area contributed by atoms with Crippen LogP contribution in [0.5, 0.6) is 5.75 Å². The third-order valence-electron chi connectivity index (χ3n) is 3.93. The summed E-state index contributed by atoms with van der Waals surface area (Å²) in [6.07, 6.45) is 3.68. The Morgan fingerprint density at radius 1 is 1.32 bits per heavy atom. The van der Waals surface area contributed by atoms with Gasteiger partial charge in [0.15, 0.2) is 17.3 Å². The Morgan fingerprint density at radius 2 is 2.07 bits per heavy atom. The summed E-state index contributed by atoms with van der Waals surface area (Å²) < 4.78 is 25.8. The van der Waals surface area contributed by atoms with Gasteiger partial charge in [-0.3, -0.25) is 0 Å². The van der Waals surface area contributed by atoms with Crippen LogP contribution in [-0.2, 0) is 4.74 Å². The number of nitrogen functional groups attached to an aromatic ring is 1. The molecule has 0 aliphatic heterocycles. The number of carbonyl (C=O) groups is 1. The topological polar surface area (TPSA) is 92.3 Å². The van der Waals surface area contributed by atoms with Gasteiger partial charge in [0.1, 0.15) is 18.2 Å². The minimum atomic E-state index is -0.705. The Balaban J connectivity index is 1.91. The quantitative estimate of drug-likeness (QED) is 0.486. The van der Waals surface area contributed by atoms with Crippen LogP contribution in [0.4, 0.5) is 10.2 Å². The molecule has 1 aromatic carbocycles. The molecule has 0 aliphatic carbocycles. The van der Waals surface area contributed by atoms with E-state index in [-0.39, 0.29) is 27.3 Å². The number of pyridine rings is 1. The molecule has 28 heavy (non-hydrogen) atoms. The first-order chi connectivity index (χ1) is 13.3. The lowest BCUT2D eigenvalue weighted by atomic mass is 10.1. The van der Waals surface area contributed by atoms with Crippen molar-refractivity contribution in [2.45, 2.75) is 13.0 Å². The van der Waals surface area contributed by atoms with E-state index in [4.69, 9.17) is 33.7 Å². The van der Waals surface area contributed by atoms with E-state index in [1.165, 1.54) is 38.0 Å². The lowest BCUT2D eigenvalue weighted by molar-refractivity contribution is 0.0594. The summed E-state index contributed by atoms with van der Waals surface area (Å²) in [6.45, 7) is 1.66. The molecule has 3 aromatic rings. The fraction of sp³-hybridized carbons (Fsp3) is 0.167. The number of aromatic nitrogens is 3. The third-order valence-corrected chi connectivity index (χ3v) is 4.65. The number of nitrogens with zero attached hydrogens (tertiary/aromatic N) is 3. The van der Waals surface area contributed by atoms with Crippen molar-refractivity contribution in [3.05, 3.63) is 64.0 Å². The van der Waals surface area contributed by atoms with Crippen molar-refractivity contribution in [2.24, 2.45) is 0 Å². The van der Waals surface area contributed by atoms with Gasteiger partial charge >= 0.3 is 5.97 Å².